The minimum absolute atomic E-state index is 0.134. The summed E-state index contributed by atoms with van der Waals surface area (Å²) in [5.41, 5.74) is 6.99. The Kier molecular flexibility index (Phi) is 3.22. The molecule has 4 heteroatoms. The summed E-state index contributed by atoms with van der Waals surface area (Å²) in [6.45, 7) is 2.50. The summed E-state index contributed by atoms with van der Waals surface area (Å²) in [6.07, 6.45) is 0. The van der Waals surface area contributed by atoms with E-state index in [0.29, 0.717) is 17.9 Å². The van der Waals surface area contributed by atoms with E-state index in [-0.39, 0.29) is 6.04 Å². The molecule has 0 fully saturated rings. The Bertz CT molecular complexity index is 571. The lowest BCUT2D eigenvalue weighted by atomic mass is 10.1. The van der Waals surface area contributed by atoms with E-state index in [4.69, 9.17) is 11.0 Å². The normalized spacial score (nSPS) is 12.1. The highest BCUT2D eigenvalue weighted by molar-refractivity contribution is 5.86. The summed E-state index contributed by atoms with van der Waals surface area (Å²) in [6, 6.07) is 11.7. The first-order valence-electron chi connectivity index (χ1n) is 5.51. The van der Waals surface area contributed by atoms with E-state index < -0.39 is 0 Å². The first-order valence-corrected chi connectivity index (χ1v) is 5.51. The number of benzene rings is 1. The van der Waals surface area contributed by atoms with Crippen molar-refractivity contribution in [3.05, 3.63) is 35.9 Å². The Labute approximate surface area is 100 Å². The van der Waals surface area contributed by atoms with Gasteiger partial charge in [-0.05, 0) is 19.1 Å². The second-order valence-electron chi connectivity index (χ2n) is 3.97. The summed E-state index contributed by atoms with van der Waals surface area (Å²) >= 11 is 0. The number of aromatic nitrogens is 1. The van der Waals surface area contributed by atoms with Crippen molar-refractivity contribution in [2.24, 2.45) is 5.73 Å². The molecule has 3 N–H and O–H groups in total. The minimum Gasteiger partial charge on any atom is -0.366 e. The quantitative estimate of drug-likeness (QED) is 0.837. The van der Waals surface area contributed by atoms with Crippen LogP contribution < -0.4 is 11.1 Å². The predicted octanol–water partition coefficient (Wildman–Crippen LogP) is 1.87. The van der Waals surface area contributed by atoms with Crippen molar-refractivity contribution in [2.75, 3.05) is 11.9 Å². The molecule has 4 nitrogen and oxygen atoms in total. The maximum Gasteiger partial charge on any atom is 0.128 e. The van der Waals surface area contributed by atoms with E-state index in [1.54, 1.807) is 6.07 Å². The van der Waals surface area contributed by atoms with Crippen LogP contribution >= 0.6 is 0 Å². The SMILES string of the molecule is CC(CN)Nc1cc(C#N)c2ccccc2n1. The van der Waals surface area contributed by atoms with Gasteiger partial charge in [0.15, 0.2) is 0 Å². The summed E-state index contributed by atoms with van der Waals surface area (Å²) in [5, 5.41) is 13.2. The van der Waals surface area contributed by atoms with Gasteiger partial charge >= 0.3 is 0 Å². The van der Waals surface area contributed by atoms with E-state index in [1.165, 1.54) is 0 Å². The molecule has 1 atom stereocenters. The summed E-state index contributed by atoms with van der Waals surface area (Å²) in [4.78, 5) is 4.45. The highest BCUT2D eigenvalue weighted by atomic mass is 15.0. The second-order valence-corrected chi connectivity index (χ2v) is 3.97. The molecule has 0 saturated carbocycles. The number of pyridine rings is 1. The summed E-state index contributed by atoms with van der Waals surface area (Å²) in [7, 11) is 0. The maximum atomic E-state index is 9.12. The number of nitrogens with two attached hydrogens (primary N) is 1. The first kappa shape index (κ1) is 11.4. The topological polar surface area (TPSA) is 74.7 Å². The molecule has 0 spiro atoms. The van der Waals surface area contributed by atoms with E-state index in [0.717, 1.165) is 10.9 Å². The summed E-state index contributed by atoms with van der Waals surface area (Å²) < 4.78 is 0. The van der Waals surface area contributed by atoms with Crippen LogP contribution in [0.1, 0.15) is 12.5 Å². The van der Waals surface area contributed by atoms with Gasteiger partial charge in [0.2, 0.25) is 0 Å². The van der Waals surface area contributed by atoms with E-state index in [1.807, 2.05) is 31.2 Å². The van der Waals surface area contributed by atoms with Crippen molar-refractivity contribution in [3.8, 4) is 6.07 Å². The zero-order chi connectivity index (χ0) is 12.3. The molecule has 0 bridgehead atoms. The van der Waals surface area contributed by atoms with E-state index in [9.17, 15) is 0 Å². The molecule has 0 radical (unpaired) electrons. The number of nitrogens with one attached hydrogen (secondary N) is 1. The number of fused-ring (bicyclic) bond motifs is 1. The predicted molar refractivity (Wildman–Crippen MR) is 68.6 cm³/mol. The van der Waals surface area contributed by atoms with Crippen LogP contribution in [0.5, 0.6) is 0 Å². The van der Waals surface area contributed by atoms with E-state index in [2.05, 4.69) is 16.4 Å². The van der Waals surface area contributed by atoms with Crippen molar-refractivity contribution in [2.45, 2.75) is 13.0 Å². The molecular weight excluding hydrogens is 212 g/mol. The Balaban J connectivity index is 2.50. The lowest BCUT2D eigenvalue weighted by Crippen LogP contribution is -2.25. The largest absolute Gasteiger partial charge is 0.366 e. The van der Waals surface area contributed by atoms with Crippen LogP contribution in [-0.4, -0.2) is 17.6 Å². The highest BCUT2D eigenvalue weighted by Gasteiger charge is 2.06. The highest BCUT2D eigenvalue weighted by Crippen LogP contribution is 2.20. The van der Waals surface area contributed by atoms with Crippen LogP contribution in [0, 0.1) is 11.3 Å². The fourth-order valence-electron chi connectivity index (χ4n) is 1.65. The molecular formula is C13H14N4. The number of nitriles is 1. The molecule has 0 saturated heterocycles. The number of para-hydroxylation sites is 1. The molecule has 1 heterocycles. The number of hydrogen-bond donors (Lipinski definition) is 2. The fraction of sp³-hybridized carbons (Fsp3) is 0.231. The molecule has 2 rings (SSSR count). The Hall–Kier alpha value is -2.12. The third kappa shape index (κ3) is 2.35. The first-order chi connectivity index (χ1) is 8.24. The van der Waals surface area contributed by atoms with Crippen LogP contribution in [0.25, 0.3) is 10.9 Å². The Morgan fingerprint density at radius 3 is 2.94 bits per heavy atom. The van der Waals surface area contributed by atoms with Crippen molar-refractivity contribution in [1.29, 1.82) is 5.26 Å². The Morgan fingerprint density at radius 2 is 2.24 bits per heavy atom. The van der Waals surface area contributed by atoms with Gasteiger partial charge in [0, 0.05) is 18.0 Å². The van der Waals surface area contributed by atoms with Crippen molar-refractivity contribution in [1.82, 2.24) is 4.98 Å². The zero-order valence-electron chi connectivity index (χ0n) is 9.64. The third-order valence-electron chi connectivity index (χ3n) is 2.58. The van der Waals surface area contributed by atoms with Gasteiger partial charge in [-0.2, -0.15) is 5.26 Å². The molecule has 0 aliphatic rings. The van der Waals surface area contributed by atoms with Gasteiger partial charge in [-0.3, -0.25) is 0 Å². The number of nitrogens with zero attached hydrogens (tertiary/aromatic N) is 2. The number of hydrogen-bond acceptors (Lipinski definition) is 4. The maximum absolute atomic E-state index is 9.12. The monoisotopic (exact) mass is 226 g/mol. The lowest BCUT2D eigenvalue weighted by molar-refractivity contribution is 0.799. The molecule has 17 heavy (non-hydrogen) atoms. The second kappa shape index (κ2) is 4.81. The van der Waals surface area contributed by atoms with Crippen LogP contribution in [-0.2, 0) is 0 Å². The fourth-order valence-corrected chi connectivity index (χ4v) is 1.65. The van der Waals surface area contributed by atoms with Gasteiger partial charge in [-0.1, -0.05) is 18.2 Å². The van der Waals surface area contributed by atoms with Crippen LogP contribution in [0.3, 0.4) is 0 Å². The number of anilines is 1. The Morgan fingerprint density at radius 1 is 1.47 bits per heavy atom. The van der Waals surface area contributed by atoms with Crippen LogP contribution in [0.15, 0.2) is 30.3 Å². The van der Waals surface area contributed by atoms with E-state index >= 15 is 0 Å². The van der Waals surface area contributed by atoms with Crippen molar-refractivity contribution < 1.29 is 0 Å². The smallest absolute Gasteiger partial charge is 0.128 e. The molecule has 2 aromatic rings. The zero-order valence-corrected chi connectivity index (χ0v) is 9.64. The van der Waals surface area contributed by atoms with Crippen LogP contribution in [0.2, 0.25) is 0 Å². The standard InChI is InChI=1S/C13H14N4/c1-9(7-14)16-13-6-10(8-15)11-4-2-3-5-12(11)17-13/h2-6,9H,7,14H2,1H3,(H,16,17). The van der Waals surface area contributed by atoms with Gasteiger partial charge in [0.05, 0.1) is 17.1 Å². The molecule has 1 unspecified atom stereocenters. The molecule has 0 aliphatic carbocycles. The minimum atomic E-state index is 0.134. The van der Waals surface area contributed by atoms with Gasteiger partial charge in [-0.15, -0.1) is 0 Å². The molecule has 1 aromatic heterocycles. The van der Waals surface area contributed by atoms with Gasteiger partial charge in [0.25, 0.3) is 0 Å². The molecule has 0 amide bonds. The lowest BCUT2D eigenvalue weighted by Gasteiger charge is -2.13. The van der Waals surface area contributed by atoms with Crippen molar-refractivity contribution in [3.63, 3.8) is 0 Å². The van der Waals surface area contributed by atoms with Crippen LogP contribution in [0.4, 0.5) is 5.82 Å². The molecule has 86 valence electrons. The van der Waals surface area contributed by atoms with Crippen molar-refractivity contribution >= 4 is 16.7 Å². The average Bonchev–Trinajstić information content (AvgIpc) is 2.37. The summed E-state index contributed by atoms with van der Waals surface area (Å²) in [5.74, 6) is 0.693. The van der Waals surface area contributed by atoms with Gasteiger partial charge in [-0.25, -0.2) is 4.98 Å². The third-order valence-corrected chi connectivity index (χ3v) is 2.58. The molecule has 0 aliphatic heterocycles. The molecule has 1 aromatic carbocycles. The van der Waals surface area contributed by atoms with Gasteiger partial charge < -0.3 is 11.1 Å². The number of rotatable bonds is 3. The average molecular weight is 226 g/mol. The van der Waals surface area contributed by atoms with Gasteiger partial charge in [0.1, 0.15) is 5.82 Å².